The fourth-order valence-electron chi connectivity index (χ4n) is 4.14. The number of likely N-dealkylation sites (tertiary alicyclic amines) is 1. The number of amides is 1. The number of carbonyl (C=O) groups is 1. The van der Waals surface area contributed by atoms with Crippen molar-refractivity contribution in [2.24, 2.45) is 0 Å². The second-order valence-electron chi connectivity index (χ2n) is 7.30. The summed E-state index contributed by atoms with van der Waals surface area (Å²) in [5, 5.41) is 0. The van der Waals surface area contributed by atoms with E-state index < -0.39 is 0 Å². The van der Waals surface area contributed by atoms with Gasteiger partial charge < -0.3 is 14.5 Å². The number of hydrogen-bond donors (Lipinski definition) is 0. The predicted octanol–water partition coefficient (Wildman–Crippen LogP) is 1.87. The molecule has 3 aliphatic heterocycles. The Morgan fingerprint density at radius 1 is 1.08 bits per heavy atom. The molecule has 0 spiro atoms. The monoisotopic (exact) mass is 333 g/mol. The van der Waals surface area contributed by atoms with Gasteiger partial charge in [-0.25, -0.2) is 0 Å². The molecule has 1 amide bonds. The first kappa shape index (κ1) is 17.5. The largest absolute Gasteiger partial charge is 0.380 e. The molecule has 0 N–H and O–H groups in total. The van der Waals surface area contributed by atoms with Crippen molar-refractivity contribution in [1.82, 2.24) is 14.7 Å². The lowest BCUT2D eigenvalue weighted by Gasteiger charge is -2.36. The summed E-state index contributed by atoms with van der Waals surface area (Å²) in [7, 11) is 0. The normalized spacial score (nSPS) is 24.4. The van der Waals surface area contributed by atoms with Crippen molar-refractivity contribution in [1.29, 1.82) is 0 Å². The Bertz CT molecular complexity index is 513. The van der Waals surface area contributed by atoms with Crippen molar-refractivity contribution in [3.63, 3.8) is 0 Å². The Kier molecular flexibility index (Phi) is 5.61. The van der Waals surface area contributed by atoms with Crippen LogP contribution in [0.3, 0.4) is 0 Å². The van der Waals surface area contributed by atoms with Gasteiger partial charge in [-0.15, -0.1) is 0 Å². The van der Waals surface area contributed by atoms with Crippen molar-refractivity contribution in [2.45, 2.75) is 39.2 Å². The Morgan fingerprint density at radius 3 is 2.54 bits per heavy atom. The average Bonchev–Trinajstić information content (AvgIpc) is 2.79. The Hall–Kier alpha value is -1.33. The zero-order valence-electron chi connectivity index (χ0n) is 15.2. The van der Waals surface area contributed by atoms with Gasteiger partial charge in [-0.2, -0.15) is 0 Å². The van der Waals surface area contributed by atoms with Gasteiger partial charge in [0.05, 0.1) is 6.61 Å². The van der Waals surface area contributed by atoms with Crippen LogP contribution in [0.2, 0.25) is 0 Å². The van der Waals surface area contributed by atoms with E-state index in [4.69, 9.17) is 4.74 Å². The molecule has 0 saturated carbocycles. The van der Waals surface area contributed by atoms with Crippen LogP contribution in [0.1, 0.15) is 33.1 Å². The van der Waals surface area contributed by atoms with Crippen LogP contribution in [-0.4, -0.2) is 79.1 Å². The molecule has 0 atom stereocenters. The third-order valence-electron chi connectivity index (χ3n) is 5.70. The fourth-order valence-corrected chi connectivity index (χ4v) is 4.14. The van der Waals surface area contributed by atoms with E-state index >= 15 is 0 Å². The maximum Gasteiger partial charge on any atom is 0.219 e. The number of ether oxygens (including phenoxy) is 1. The average molecular weight is 333 g/mol. The number of nitrogens with zero attached hydrogens (tertiary/aromatic N) is 3. The van der Waals surface area contributed by atoms with Gasteiger partial charge in [0.1, 0.15) is 0 Å². The van der Waals surface area contributed by atoms with Crippen molar-refractivity contribution in [3.05, 3.63) is 23.4 Å². The molecule has 2 fully saturated rings. The van der Waals surface area contributed by atoms with E-state index in [-0.39, 0.29) is 5.91 Å². The Balaban J connectivity index is 1.56. The van der Waals surface area contributed by atoms with E-state index in [0.29, 0.717) is 6.04 Å². The van der Waals surface area contributed by atoms with E-state index in [2.05, 4.69) is 23.3 Å². The third kappa shape index (κ3) is 3.83. The molecule has 0 bridgehead atoms. The van der Waals surface area contributed by atoms with Crippen LogP contribution in [0.4, 0.5) is 0 Å². The van der Waals surface area contributed by atoms with E-state index in [1.54, 1.807) is 6.92 Å². The highest BCUT2D eigenvalue weighted by Crippen LogP contribution is 2.29. The van der Waals surface area contributed by atoms with Gasteiger partial charge in [-0.1, -0.05) is 12.2 Å². The van der Waals surface area contributed by atoms with E-state index in [1.165, 1.54) is 16.8 Å². The molecule has 5 nitrogen and oxygen atoms in total. The standard InChI is InChI=1S/C19H31N3O2/c1-15-13-22(18-5-8-21(9-6-18)17(3)23)14-19(15)16(2)20-7-4-11-24-12-10-20/h18H,2,4-14H2,1,3H3. The van der Waals surface area contributed by atoms with Crippen LogP contribution < -0.4 is 0 Å². The highest BCUT2D eigenvalue weighted by Gasteiger charge is 2.31. The lowest BCUT2D eigenvalue weighted by Crippen LogP contribution is -2.45. The lowest BCUT2D eigenvalue weighted by molar-refractivity contribution is -0.130. The molecule has 3 aliphatic rings. The summed E-state index contributed by atoms with van der Waals surface area (Å²) in [6.45, 7) is 15.8. The summed E-state index contributed by atoms with van der Waals surface area (Å²) in [6.07, 6.45) is 3.26. The highest BCUT2D eigenvalue weighted by molar-refractivity contribution is 5.73. The molecule has 0 aromatic heterocycles. The number of piperidine rings is 1. The first-order chi connectivity index (χ1) is 11.6. The third-order valence-corrected chi connectivity index (χ3v) is 5.70. The SMILES string of the molecule is C=C(C1=C(C)CN(C2CCN(C(C)=O)CC2)C1)N1CCCOCC1. The molecule has 2 saturated heterocycles. The van der Waals surface area contributed by atoms with Crippen molar-refractivity contribution >= 4 is 5.91 Å². The number of carbonyl (C=O) groups excluding carboxylic acids is 1. The summed E-state index contributed by atoms with van der Waals surface area (Å²) in [5.74, 6) is 0.210. The van der Waals surface area contributed by atoms with Gasteiger partial charge in [-0.05, 0) is 31.8 Å². The number of hydrogen-bond acceptors (Lipinski definition) is 4. The van der Waals surface area contributed by atoms with Crippen LogP contribution in [0.15, 0.2) is 23.4 Å². The molecule has 5 heteroatoms. The molecule has 0 unspecified atom stereocenters. The zero-order chi connectivity index (χ0) is 17.1. The molecule has 0 aromatic carbocycles. The van der Waals surface area contributed by atoms with Crippen LogP contribution in [0.5, 0.6) is 0 Å². The van der Waals surface area contributed by atoms with Gasteiger partial charge in [0, 0.05) is 64.5 Å². The summed E-state index contributed by atoms with van der Waals surface area (Å²) < 4.78 is 5.57. The molecule has 3 rings (SSSR count). The summed E-state index contributed by atoms with van der Waals surface area (Å²) >= 11 is 0. The second-order valence-corrected chi connectivity index (χ2v) is 7.30. The number of rotatable bonds is 3. The van der Waals surface area contributed by atoms with E-state index in [1.807, 2.05) is 4.90 Å². The van der Waals surface area contributed by atoms with Gasteiger partial charge in [0.15, 0.2) is 0 Å². The molecular formula is C19H31N3O2. The quantitative estimate of drug-likeness (QED) is 0.790. The molecule has 0 radical (unpaired) electrons. The minimum absolute atomic E-state index is 0.210. The van der Waals surface area contributed by atoms with Crippen LogP contribution in [0, 0.1) is 0 Å². The fraction of sp³-hybridized carbons (Fsp3) is 0.737. The van der Waals surface area contributed by atoms with Gasteiger partial charge >= 0.3 is 0 Å². The summed E-state index contributed by atoms with van der Waals surface area (Å²) in [4.78, 5) is 18.5. The van der Waals surface area contributed by atoms with E-state index in [9.17, 15) is 4.79 Å². The summed E-state index contributed by atoms with van der Waals surface area (Å²) in [5.41, 5.74) is 4.08. The van der Waals surface area contributed by atoms with Crippen LogP contribution >= 0.6 is 0 Å². The lowest BCUT2D eigenvalue weighted by atomic mass is 10.0. The van der Waals surface area contributed by atoms with Gasteiger partial charge in [0.2, 0.25) is 5.91 Å². The second kappa shape index (κ2) is 7.70. The van der Waals surface area contributed by atoms with Crippen molar-refractivity contribution in [3.8, 4) is 0 Å². The van der Waals surface area contributed by atoms with Crippen molar-refractivity contribution in [2.75, 3.05) is 52.5 Å². The van der Waals surface area contributed by atoms with Crippen LogP contribution in [0.25, 0.3) is 0 Å². The first-order valence-electron chi connectivity index (χ1n) is 9.26. The topological polar surface area (TPSA) is 36.0 Å². The minimum Gasteiger partial charge on any atom is -0.380 e. The van der Waals surface area contributed by atoms with Gasteiger partial charge in [0.25, 0.3) is 0 Å². The predicted molar refractivity (Wildman–Crippen MR) is 95.7 cm³/mol. The molecule has 3 heterocycles. The molecule has 0 aliphatic carbocycles. The smallest absolute Gasteiger partial charge is 0.219 e. The van der Waals surface area contributed by atoms with Gasteiger partial charge in [-0.3, -0.25) is 9.69 Å². The minimum atomic E-state index is 0.210. The zero-order valence-corrected chi connectivity index (χ0v) is 15.2. The maximum absolute atomic E-state index is 11.5. The Morgan fingerprint density at radius 2 is 1.83 bits per heavy atom. The van der Waals surface area contributed by atoms with Crippen LogP contribution in [-0.2, 0) is 9.53 Å². The molecular weight excluding hydrogens is 302 g/mol. The highest BCUT2D eigenvalue weighted by atomic mass is 16.5. The maximum atomic E-state index is 11.5. The summed E-state index contributed by atoms with van der Waals surface area (Å²) in [6, 6.07) is 0.591. The Labute approximate surface area is 145 Å². The van der Waals surface area contributed by atoms with E-state index in [0.717, 1.165) is 71.7 Å². The first-order valence-corrected chi connectivity index (χ1v) is 9.26. The molecule has 24 heavy (non-hydrogen) atoms. The molecule has 134 valence electrons. The molecule has 0 aromatic rings. The van der Waals surface area contributed by atoms with Crippen molar-refractivity contribution < 1.29 is 9.53 Å².